The number of anilines is 1. The van der Waals surface area contributed by atoms with Crippen molar-refractivity contribution in [3.05, 3.63) is 103 Å². The zero-order valence-electron chi connectivity index (χ0n) is 19.3. The maximum absolute atomic E-state index is 13.8. The standard InChI is InChI=1S/C28H24Cl2N2O2S/c1-28(2)14-20-23(21(33)15-28)24(22-9-6-10-35-22)25(26(34)16-7-4-3-5-8-16)27(31)32(20)19-12-17(29)11-18(30)13-19/h3-13,24,31,34H,14-15H2,1-2H3/b26-25+,31-27?. The predicted molar refractivity (Wildman–Crippen MR) is 145 cm³/mol. The first-order valence-corrected chi connectivity index (χ1v) is 12.9. The van der Waals surface area contributed by atoms with E-state index in [0.29, 0.717) is 45.3 Å². The number of hydrogen-bond donors (Lipinski definition) is 2. The Labute approximate surface area is 218 Å². The van der Waals surface area contributed by atoms with Crippen LogP contribution in [-0.2, 0) is 4.79 Å². The van der Waals surface area contributed by atoms with E-state index >= 15 is 0 Å². The van der Waals surface area contributed by atoms with Gasteiger partial charge in [0.05, 0.1) is 17.2 Å². The van der Waals surface area contributed by atoms with Crippen molar-refractivity contribution >= 4 is 57.6 Å². The van der Waals surface area contributed by atoms with E-state index in [2.05, 4.69) is 13.8 Å². The minimum absolute atomic E-state index is 0.0173. The molecule has 4 nitrogen and oxygen atoms in total. The molecular weight excluding hydrogens is 499 g/mol. The highest BCUT2D eigenvalue weighted by Gasteiger charge is 2.47. The lowest BCUT2D eigenvalue weighted by Gasteiger charge is -2.45. The summed E-state index contributed by atoms with van der Waals surface area (Å²) in [7, 11) is 0. The van der Waals surface area contributed by atoms with Gasteiger partial charge in [0, 0.05) is 38.2 Å². The number of thiophene rings is 1. The van der Waals surface area contributed by atoms with Crippen molar-refractivity contribution in [3.63, 3.8) is 0 Å². The number of hydrogen-bond acceptors (Lipinski definition) is 4. The summed E-state index contributed by atoms with van der Waals surface area (Å²) in [6.07, 6.45) is 0.992. The molecule has 7 heteroatoms. The molecule has 2 N–H and O–H groups in total. The molecule has 1 atom stereocenters. The van der Waals surface area contributed by atoms with Crippen LogP contribution in [0.4, 0.5) is 5.69 Å². The number of rotatable bonds is 3. The molecule has 0 saturated carbocycles. The number of allylic oxidation sites excluding steroid dienone is 2. The van der Waals surface area contributed by atoms with Crippen molar-refractivity contribution in [3.8, 4) is 0 Å². The summed E-state index contributed by atoms with van der Waals surface area (Å²) in [4.78, 5) is 16.4. The maximum Gasteiger partial charge on any atom is 0.162 e. The van der Waals surface area contributed by atoms with Crippen LogP contribution in [0.3, 0.4) is 0 Å². The lowest BCUT2D eigenvalue weighted by Crippen LogP contribution is -2.45. The molecular formula is C28H24Cl2N2O2S. The number of nitrogens with zero attached hydrogens (tertiary/aromatic N) is 1. The van der Waals surface area contributed by atoms with Crippen molar-refractivity contribution in [1.82, 2.24) is 0 Å². The second-order valence-corrected chi connectivity index (χ2v) is 11.5. The van der Waals surface area contributed by atoms with Gasteiger partial charge in [-0.1, -0.05) is 73.4 Å². The van der Waals surface area contributed by atoms with Crippen LogP contribution < -0.4 is 4.90 Å². The smallest absolute Gasteiger partial charge is 0.162 e. The van der Waals surface area contributed by atoms with E-state index in [1.54, 1.807) is 35.2 Å². The topological polar surface area (TPSA) is 64.4 Å². The number of halogens is 2. The van der Waals surface area contributed by atoms with Gasteiger partial charge in [0.1, 0.15) is 11.6 Å². The highest BCUT2D eigenvalue weighted by molar-refractivity contribution is 7.10. The highest BCUT2D eigenvalue weighted by atomic mass is 35.5. The van der Waals surface area contributed by atoms with Gasteiger partial charge >= 0.3 is 0 Å². The summed E-state index contributed by atoms with van der Waals surface area (Å²) in [6.45, 7) is 4.13. The number of Topliss-reactive ketones (excluding diaryl/α,β-unsaturated/α-hetero) is 1. The van der Waals surface area contributed by atoms with Crippen LogP contribution in [0.25, 0.3) is 5.76 Å². The second-order valence-electron chi connectivity index (χ2n) is 9.69. The summed E-state index contributed by atoms with van der Waals surface area (Å²) < 4.78 is 0. The Bertz CT molecular complexity index is 1370. The number of aliphatic hydroxyl groups excluding tert-OH is 1. The molecule has 0 saturated heterocycles. The zero-order valence-corrected chi connectivity index (χ0v) is 21.6. The summed E-state index contributed by atoms with van der Waals surface area (Å²) >= 11 is 14.2. The van der Waals surface area contributed by atoms with Gasteiger partial charge in [0.2, 0.25) is 0 Å². The Kier molecular flexibility index (Phi) is 6.12. The van der Waals surface area contributed by atoms with Gasteiger partial charge in [-0.15, -0.1) is 11.3 Å². The van der Waals surface area contributed by atoms with Crippen LogP contribution in [0.15, 0.2) is 82.9 Å². The van der Waals surface area contributed by atoms with Gasteiger partial charge in [-0.05, 0) is 41.5 Å². The fourth-order valence-corrected chi connectivity index (χ4v) is 6.42. The summed E-state index contributed by atoms with van der Waals surface area (Å²) in [5, 5.41) is 23.8. The largest absolute Gasteiger partial charge is 0.507 e. The van der Waals surface area contributed by atoms with Gasteiger partial charge in [-0.25, -0.2) is 0 Å². The lowest BCUT2D eigenvalue weighted by atomic mass is 9.68. The molecule has 1 aromatic heterocycles. The average molecular weight is 523 g/mol. The van der Waals surface area contributed by atoms with Gasteiger partial charge in [0.15, 0.2) is 5.78 Å². The van der Waals surface area contributed by atoms with Gasteiger partial charge in [-0.2, -0.15) is 0 Å². The molecule has 3 aromatic rings. The molecule has 178 valence electrons. The van der Waals surface area contributed by atoms with Crippen LogP contribution in [0, 0.1) is 10.8 Å². The monoisotopic (exact) mass is 522 g/mol. The Morgan fingerprint density at radius 3 is 2.37 bits per heavy atom. The van der Waals surface area contributed by atoms with Crippen molar-refractivity contribution in [2.45, 2.75) is 32.6 Å². The molecule has 0 radical (unpaired) electrons. The molecule has 1 aliphatic heterocycles. The van der Waals surface area contributed by atoms with Gasteiger partial charge < -0.3 is 5.11 Å². The maximum atomic E-state index is 13.8. The molecule has 0 amide bonds. The third-order valence-electron chi connectivity index (χ3n) is 6.46. The summed E-state index contributed by atoms with van der Waals surface area (Å²) in [5.41, 5.74) is 2.67. The molecule has 0 spiro atoms. The van der Waals surface area contributed by atoms with Crippen LogP contribution in [0.5, 0.6) is 0 Å². The Hall–Kier alpha value is -2.86. The third-order valence-corrected chi connectivity index (χ3v) is 7.83. The van der Waals surface area contributed by atoms with Crippen LogP contribution in [0.1, 0.15) is 43.0 Å². The normalized spacial score (nSPS) is 21.3. The minimum Gasteiger partial charge on any atom is -0.507 e. The first-order chi connectivity index (χ1) is 16.7. The third kappa shape index (κ3) is 4.33. The Morgan fingerprint density at radius 1 is 1.06 bits per heavy atom. The highest BCUT2D eigenvalue weighted by Crippen LogP contribution is 2.52. The van der Waals surface area contributed by atoms with Crippen molar-refractivity contribution < 1.29 is 9.90 Å². The molecule has 2 heterocycles. The zero-order chi connectivity index (χ0) is 24.9. The van der Waals surface area contributed by atoms with E-state index in [9.17, 15) is 15.3 Å². The molecule has 35 heavy (non-hydrogen) atoms. The first kappa shape index (κ1) is 23.9. The number of amidine groups is 1. The van der Waals surface area contributed by atoms with E-state index in [1.165, 1.54) is 11.3 Å². The molecule has 2 aromatic carbocycles. The quantitative estimate of drug-likeness (QED) is 0.340. The number of aliphatic hydroxyl groups is 1. The summed E-state index contributed by atoms with van der Waals surface area (Å²) in [5.74, 6) is -0.422. The van der Waals surface area contributed by atoms with Crippen molar-refractivity contribution in [1.29, 1.82) is 5.41 Å². The van der Waals surface area contributed by atoms with Gasteiger partial charge in [-0.3, -0.25) is 15.1 Å². The minimum atomic E-state index is -0.535. The van der Waals surface area contributed by atoms with Crippen LogP contribution >= 0.6 is 34.5 Å². The van der Waals surface area contributed by atoms with E-state index in [1.807, 2.05) is 35.7 Å². The molecule has 2 aliphatic rings. The number of benzene rings is 2. The van der Waals surface area contributed by atoms with Gasteiger partial charge in [0.25, 0.3) is 0 Å². The van der Waals surface area contributed by atoms with E-state index in [4.69, 9.17) is 23.2 Å². The molecule has 0 fully saturated rings. The van der Waals surface area contributed by atoms with Crippen LogP contribution in [0.2, 0.25) is 10.0 Å². The van der Waals surface area contributed by atoms with E-state index in [-0.39, 0.29) is 22.8 Å². The van der Waals surface area contributed by atoms with Crippen LogP contribution in [-0.4, -0.2) is 16.7 Å². The summed E-state index contributed by atoms with van der Waals surface area (Å²) in [6, 6.07) is 18.2. The Morgan fingerprint density at radius 2 is 1.74 bits per heavy atom. The average Bonchev–Trinajstić information content (AvgIpc) is 3.31. The number of nitrogens with one attached hydrogen (secondary N) is 1. The second kappa shape index (κ2) is 8.98. The SMILES string of the molecule is CC1(C)CC(=O)C2=C(C1)N(c1cc(Cl)cc(Cl)c1)C(=N)/C(=C(/O)c1ccccc1)C2c1cccs1. The number of carbonyl (C=O) groups is 1. The van der Waals surface area contributed by atoms with Crippen molar-refractivity contribution in [2.75, 3.05) is 4.90 Å². The predicted octanol–water partition coefficient (Wildman–Crippen LogP) is 8.25. The number of carbonyl (C=O) groups excluding carboxylic acids is 1. The van der Waals surface area contributed by atoms with E-state index in [0.717, 1.165) is 10.6 Å². The molecule has 5 rings (SSSR count). The lowest BCUT2D eigenvalue weighted by molar-refractivity contribution is -0.118. The van der Waals surface area contributed by atoms with Crippen molar-refractivity contribution in [2.24, 2.45) is 5.41 Å². The fourth-order valence-electron chi connectivity index (χ4n) is 5.06. The number of ketones is 1. The Balaban J connectivity index is 1.85. The van der Waals surface area contributed by atoms with E-state index < -0.39 is 5.92 Å². The molecule has 1 unspecified atom stereocenters. The fraction of sp³-hybridized carbons (Fsp3) is 0.214. The molecule has 1 aliphatic carbocycles. The molecule has 0 bridgehead atoms. The first-order valence-electron chi connectivity index (χ1n) is 11.3.